The monoisotopic (exact) mass is 169 g/mol. The lowest BCUT2D eigenvalue weighted by molar-refractivity contribution is 0.137. The van der Waals surface area contributed by atoms with Gasteiger partial charge in [-0.25, -0.2) is 0 Å². The lowest BCUT2D eigenvalue weighted by Crippen LogP contribution is -2.35. The van der Waals surface area contributed by atoms with Crippen LogP contribution in [0.25, 0.3) is 0 Å². The summed E-state index contributed by atoms with van der Waals surface area (Å²) in [7, 11) is 0. The molecular formula is C9H15NO2. The second-order valence-corrected chi connectivity index (χ2v) is 2.92. The molecule has 3 N–H and O–H groups in total. The Bertz CT molecular complexity index is 208. The highest BCUT2D eigenvalue weighted by Crippen LogP contribution is 2.06. The van der Waals surface area contributed by atoms with E-state index in [1.807, 2.05) is 19.1 Å². The van der Waals surface area contributed by atoms with Crippen molar-refractivity contribution in [2.24, 2.45) is 5.73 Å². The van der Waals surface area contributed by atoms with E-state index in [0.29, 0.717) is 12.8 Å². The van der Waals surface area contributed by atoms with Gasteiger partial charge in [-0.1, -0.05) is 6.92 Å². The summed E-state index contributed by atoms with van der Waals surface area (Å²) in [6, 6.07) is 3.46. The molecule has 1 heterocycles. The van der Waals surface area contributed by atoms with E-state index < -0.39 is 6.10 Å². The smallest absolute Gasteiger partial charge is 0.105 e. The summed E-state index contributed by atoms with van der Waals surface area (Å²) < 4.78 is 5.11. The van der Waals surface area contributed by atoms with Gasteiger partial charge in [0.2, 0.25) is 0 Å². The van der Waals surface area contributed by atoms with E-state index in [0.717, 1.165) is 5.76 Å². The van der Waals surface area contributed by atoms with E-state index in [-0.39, 0.29) is 6.04 Å². The zero-order chi connectivity index (χ0) is 8.97. The molecular weight excluding hydrogens is 154 g/mol. The maximum absolute atomic E-state index is 9.36. The highest BCUT2D eigenvalue weighted by molar-refractivity contribution is 5.00. The van der Waals surface area contributed by atoms with Crippen molar-refractivity contribution in [1.29, 1.82) is 0 Å². The molecule has 0 aliphatic carbocycles. The maximum Gasteiger partial charge on any atom is 0.105 e. The third kappa shape index (κ3) is 2.36. The van der Waals surface area contributed by atoms with Crippen molar-refractivity contribution in [2.75, 3.05) is 0 Å². The molecule has 3 heteroatoms. The van der Waals surface area contributed by atoms with Crippen LogP contribution >= 0.6 is 0 Å². The fraction of sp³-hybridized carbons (Fsp3) is 0.556. The summed E-state index contributed by atoms with van der Waals surface area (Å²) in [4.78, 5) is 0. The molecule has 1 aromatic rings. The van der Waals surface area contributed by atoms with E-state index in [1.165, 1.54) is 0 Å². The van der Waals surface area contributed by atoms with E-state index in [2.05, 4.69) is 0 Å². The molecule has 0 bridgehead atoms. The molecule has 12 heavy (non-hydrogen) atoms. The molecule has 0 aliphatic rings. The zero-order valence-electron chi connectivity index (χ0n) is 7.23. The Labute approximate surface area is 72.2 Å². The summed E-state index contributed by atoms with van der Waals surface area (Å²) in [5.41, 5.74) is 5.71. The van der Waals surface area contributed by atoms with Gasteiger partial charge in [-0.05, 0) is 18.6 Å². The maximum atomic E-state index is 9.36. The Balaban J connectivity index is 2.41. The van der Waals surface area contributed by atoms with Crippen LogP contribution in [0.3, 0.4) is 0 Å². The average Bonchev–Trinajstić information content (AvgIpc) is 2.55. The summed E-state index contributed by atoms with van der Waals surface area (Å²) in [5.74, 6) is 0.829. The van der Waals surface area contributed by atoms with Gasteiger partial charge in [-0.15, -0.1) is 0 Å². The van der Waals surface area contributed by atoms with Crippen LogP contribution in [0.2, 0.25) is 0 Å². The standard InChI is InChI=1S/C9H15NO2/c1-2-9(11)8(10)6-7-4-3-5-12-7/h3-5,8-9,11H,2,6,10H2,1H3. The topological polar surface area (TPSA) is 59.4 Å². The van der Waals surface area contributed by atoms with Crippen LogP contribution in [0.5, 0.6) is 0 Å². The number of rotatable bonds is 4. The van der Waals surface area contributed by atoms with Gasteiger partial charge in [-0.2, -0.15) is 0 Å². The van der Waals surface area contributed by atoms with E-state index >= 15 is 0 Å². The first kappa shape index (κ1) is 9.29. The SMILES string of the molecule is CCC(O)C(N)Cc1ccco1. The first-order valence-corrected chi connectivity index (χ1v) is 4.20. The summed E-state index contributed by atoms with van der Waals surface area (Å²) >= 11 is 0. The predicted molar refractivity (Wildman–Crippen MR) is 46.7 cm³/mol. The Morgan fingerprint density at radius 2 is 2.42 bits per heavy atom. The van der Waals surface area contributed by atoms with Crippen LogP contribution < -0.4 is 5.73 Å². The molecule has 1 rings (SSSR count). The second kappa shape index (κ2) is 4.28. The van der Waals surface area contributed by atoms with Crippen molar-refractivity contribution < 1.29 is 9.52 Å². The first-order valence-electron chi connectivity index (χ1n) is 4.20. The van der Waals surface area contributed by atoms with Crippen LogP contribution in [-0.4, -0.2) is 17.3 Å². The Hall–Kier alpha value is -0.800. The minimum atomic E-state index is -0.435. The molecule has 2 atom stereocenters. The van der Waals surface area contributed by atoms with Gasteiger partial charge in [0.05, 0.1) is 12.4 Å². The van der Waals surface area contributed by atoms with E-state index in [9.17, 15) is 5.11 Å². The molecule has 2 unspecified atom stereocenters. The van der Waals surface area contributed by atoms with E-state index in [4.69, 9.17) is 10.2 Å². The largest absolute Gasteiger partial charge is 0.469 e. The summed E-state index contributed by atoms with van der Waals surface area (Å²) in [6.45, 7) is 1.91. The molecule has 0 amide bonds. The minimum absolute atomic E-state index is 0.221. The number of nitrogens with two attached hydrogens (primary N) is 1. The average molecular weight is 169 g/mol. The molecule has 0 radical (unpaired) electrons. The fourth-order valence-corrected chi connectivity index (χ4v) is 1.10. The van der Waals surface area contributed by atoms with Gasteiger partial charge in [0.25, 0.3) is 0 Å². The van der Waals surface area contributed by atoms with Gasteiger partial charge >= 0.3 is 0 Å². The van der Waals surface area contributed by atoms with Crippen molar-refractivity contribution in [3.63, 3.8) is 0 Å². The molecule has 0 aliphatic heterocycles. The quantitative estimate of drug-likeness (QED) is 0.704. The normalized spacial score (nSPS) is 15.9. The van der Waals surface area contributed by atoms with Gasteiger partial charge in [0.1, 0.15) is 5.76 Å². The van der Waals surface area contributed by atoms with Crippen LogP contribution in [0, 0.1) is 0 Å². The van der Waals surface area contributed by atoms with Crippen molar-refractivity contribution >= 4 is 0 Å². The zero-order valence-corrected chi connectivity index (χ0v) is 7.23. The number of furan rings is 1. The molecule has 1 aromatic heterocycles. The van der Waals surface area contributed by atoms with Crippen molar-refractivity contribution in [3.8, 4) is 0 Å². The predicted octanol–water partition coefficient (Wildman–Crippen LogP) is 0.920. The second-order valence-electron chi connectivity index (χ2n) is 2.92. The van der Waals surface area contributed by atoms with Gasteiger partial charge in [-0.3, -0.25) is 0 Å². The molecule has 0 aromatic carbocycles. The number of hydrogen-bond donors (Lipinski definition) is 2. The fourth-order valence-electron chi connectivity index (χ4n) is 1.10. The van der Waals surface area contributed by atoms with Crippen LogP contribution in [0.4, 0.5) is 0 Å². The molecule has 0 saturated heterocycles. The third-order valence-electron chi connectivity index (χ3n) is 1.93. The van der Waals surface area contributed by atoms with Crippen molar-refractivity contribution in [2.45, 2.75) is 31.9 Å². The minimum Gasteiger partial charge on any atom is -0.469 e. The Morgan fingerprint density at radius 3 is 2.92 bits per heavy atom. The van der Waals surface area contributed by atoms with Crippen LogP contribution in [0.1, 0.15) is 19.1 Å². The van der Waals surface area contributed by atoms with Gasteiger partial charge in [0, 0.05) is 12.5 Å². The van der Waals surface area contributed by atoms with Crippen LogP contribution in [-0.2, 0) is 6.42 Å². The van der Waals surface area contributed by atoms with E-state index in [1.54, 1.807) is 6.26 Å². The van der Waals surface area contributed by atoms with Crippen LogP contribution in [0.15, 0.2) is 22.8 Å². The first-order chi connectivity index (χ1) is 5.74. The van der Waals surface area contributed by atoms with Crippen molar-refractivity contribution in [3.05, 3.63) is 24.2 Å². The Kier molecular flexibility index (Phi) is 3.31. The molecule has 68 valence electrons. The Morgan fingerprint density at radius 1 is 1.67 bits per heavy atom. The lowest BCUT2D eigenvalue weighted by atomic mass is 10.1. The molecule has 0 fully saturated rings. The summed E-state index contributed by atoms with van der Waals surface area (Å²) in [6.07, 6.45) is 2.46. The number of aliphatic hydroxyl groups excluding tert-OH is 1. The summed E-state index contributed by atoms with van der Waals surface area (Å²) in [5, 5.41) is 9.36. The molecule has 0 saturated carbocycles. The van der Waals surface area contributed by atoms with Gasteiger partial charge < -0.3 is 15.3 Å². The van der Waals surface area contributed by atoms with Crippen molar-refractivity contribution in [1.82, 2.24) is 0 Å². The van der Waals surface area contributed by atoms with Gasteiger partial charge in [0.15, 0.2) is 0 Å². The highest BCUT2D eigenvalue weighted by Gasteiger charge is 2.13. The molecule has 0 spiro atoms. The third-order valence-corrected chi connectivity index (χ3v) is 1.93. The lowest BCUT2D eigenvalue weighted by Gasteiger charge is -2.15. The number of aliphatic hydroxyl groups is 1. The number of hydrogen-bond acceptors (Lipinski definition) is 3. The molecule has 3 nitrogen and oxygen atoms in total. The highest BCUT2D eigenvalue weighted by atomic mass is 16.3.